The molecule has 0 atom stereocenters. The number of hydrogen-bond donors (Lipinski definition) is 1. The number of benzene rings is 1. The molecule has 2 aromatic rings. The second-order valence-electron chi connectivity index (χ2n) is 10.0. The van der Waals surface area contributed by atoms with Crippen LogP contribution in [0.15, 0.2) is 30.3 Å². The van der Waals surface area contributed by atoms with Crippen LogP contribution in [0.1, 0.15) is 43.4 Å². The first-order valence-corrected chi connectivity index (χ1v) is 13.6. The minimum Gasteiger partial charge on any atom is -0.445 e. The predicted octanol–water partition coefficient (Wildman–Crippen LogP) is 2.34. The van der Waals surface area contributed by atoms with Crippen LogP contribution in [-0.2, 0) is 45.5 Å². The van der Waals surface area contributed by atoms with E-state index in [0.29, 0.717) is 50.7 Å². The van der Waals surface area contributed by atoms with Gasteiger partial charge in [0.1, 0.15) is 40.3 Å². The number of nitrogens with zero attached hydrogens (tertiary/aromatic N) is 5. The molecule has 11 nitrogen and oxygen atoms in total. The molecule has 4 rings (SSSR count). The Bertz CT molecular complexity index is 1200. The molecule has 2 aliphatic rings. The average molecular weight is 532 g/mol. The van der Waals surface area contributed by atoms with Gasteiger partial charge < -0.3 is 24.2 Å². The van der Waals surface area contributed by atoms with Gasteiger partial charge in [-0.3, -0.25) is 0 Å². The predicted molar refractivity (Wildman–Crippen MR) is 137 cm³/mol. The van der Waals surface area contributed by atoms with E-state index in [1.165, 1.54) is 0 Å². The van der Waals surface area contributed by atoms with Crippen molar-refractivity contribution in [2.45, 2.75) is 51.7 Å². The number of piperazine rings is 1. The monoisotopic (exact) mass is 531 g/mol. The van der Waals surface area contributed by atoms with Gasteiger partial charge in [-0.15, -0.1) is 0 Å². The number of thiol groups is 1. The first-order valence-electron chi connectivity index (χ1n) is 12.3. The molecule has 0 N–H and O–H groups in total. The van der Waals surface area contributed by atoms with Crippen molar-refractivity contribution in [3.8, 4) is 0 Å². The third-order valence-corrected chi connectivity index (χ3v) is 6.60. The Morgan fingerprint density at radius 1 is 0.946 bits per heavy atom. The van der Waals surface area contributed by atoms with Gasteiger partial charge in [0, 0.05) is 38.3 Å². The normalized spacial score (nSPS) is 15.9. The Labute approximate surface area is 218 Å². The summed E-state index contributed by atoms with van der Waals surface area (Å²) in [5.74, 6) is 0.576. The van der Waals surface area contributed by atoms with Crippen molar-refractivity contribution in [2.75, 3.05) is 37.6 Å². The van der Waals surface area contributed by atoms with Crippen molar-refractivity contribution < 1.29 is 27.5 Å². The van der Waals surface area contributed by atoms with Crippen molar-refractivity contribution in [3.63, 3.8) is 0 Å². The third-order valence-electron chi connectivity index (χ3n) is 6.05. The van der Waals surface area contributed by atoms with Gasteiger partial charge in [0.05, 0.1) is 12.2 Å². The highest BCUT2D eigenvalue weighted by Crippen LogP contribution is 2.28. The molecule has 0 spiro atoms. The lowest BCUT2D eigenvalue weighted by atomic mass is 10.0. The molecule has 1 saturated heterocycles. The lowest BCUT2D eigenvalue weighted by Crippen LogP contribution is -2.50. The minimum absolute atomic E-state index is 0.195. The van der Waals surface area contributed by atoms with Gasteiger partial charge in [-0.05, 0) is 32.8 Å². The van der Waals surface area contributed by atoms with E-state index in [9.17, 15) is 18.0 Å². The van der Waals surface area contributed by atoms with Crippen LogP contribution in [0.25, 0.3) is 0 Å². The maximum absolute atomic E-state index is 12.6. The van der Waals surface area contributed by atoms with Crippen molar-refractivity contribution >= 4 is 28.7 Å². The Morgan fingerprint density at radius 2 is 1.65 bits per heavy atom. The summed E-state index contributed by atoms with van der Waals surface area (Å²) in [7, 11) is -2.72. The number of ether oxygens (including phenoxy) is 2. The number of amides is 2. The van der Waals surface area contributed by atoms with Crippen LogP contribution in [0.5, 0.6) is 0 Å². The lowest BCUT2D eigenvalue weighted by Gasteiger charge is -2.37. The van der Waals surface area contributed by atoms with Crippen LogP contribution in [0, 0.1) is 0 Å². The molecule has 200 valence electrons. The van der Waals surface area contributed by atoms with Gasteiger partial charge in [-0.2, -0.15) is 0 Å². The Morgan fingerprint density at radius 3 is 2.30 bits per heavy atom. The standard InChI is InChI=1S/C25H33N5O6S/c1-25(2,3)36-24(32)30-10-9-19-20(15-30)26-21(17-37(33)34)27-22(19)28-11-13-29(14-12-28)23(31)35-16-18-7-5-4-6-8-18/h4-8,37H,9-17H2,1-3H3. The van der Waals surface area contributed by atoms with Crippen molar-refractivity contribution in [3.05, 3.63) is 53.0 Å². The minimum atomic E-state index is -2.72. The van der Waals surface area contributed by atoms with Crippen LogP contribution < -0.4 is 4.90 Å². The van der Waals surface area contributed by atoms with E-state index in [1.807, 2.05) is 56.0 Å². The molecular weight excluding hydrogens is 498 g/mol. The summed E-state index contributed by atoms with van der Waals surface area (Å²) in [6, 6.07) is 9.51. The van der Waals surface area contributed by atoms with E-state index >= 15 is 0 Å². The van der Waals surface area contributed by atoms with Gasteiger partial charge in [-0.25, -0.2) is 28.0 Å². The van der Waals surface area contributed by atoms with Crippen LogP contribution in [0.4, 0.5) is 15.4 Å². The highest BCUT2D eigenvalue weighted by molar-refractivity contribution is 7.71. The number of carbonyl (C=O) groups excluding carboxylic acids is 2. The van der Waals surface area contributed by atoms with Crippen LogP contribution >= 0.6 is 0 Å². The second-order valence-corrected chi connectivity index (χ2v) is 11.0. The van der Waals surface area contributed by atoms with E-state index in [-0.39, 0.29) is 30.8 Å². The van der Waals surface area contributed by atoms with Crippen LogP contribution in [-0.4, -0.2) is 78.7 Å². The van der Waals surface area contributed by atoms with E-state index in [0.717, 1.165) is 11.1 Å². The first-order chi connectivity index (χ1) is 17.6. The van der Waals surface area contributed by atoms with Crippen LogP contribution in [0.2, 0.25) is 0 Å². The molecule has 0 aliphatic carbocycles. The molecule has 1 aromatic carbocycles. The van der Waals surface area contributed by atoms with Gasteiger partial charge in [0.2, 0.25) is 0 Å². The molecule has 1 fully saturated rings. The fourth-order valence-corrected chi connectivity index (χ4v) is 4.67. The van der Waals surface area contributed by atoms with E-state index in [1.54, 1.807) is 9.80 Å². The van der Waals surface area contributed by atoms with Gasteiger partial charge in [0.25, 0.3) is 0 Å². The van der Waals surface area contributed by atoms with Gasteiger partial charge >= 0.3 is 12.2 Å². The number of hydrogen-bond acceptors (Lipinski definition) is 9. The average Bonchev–Trinajstić information content (AvgIpc) is 2.86. The topological polar surface area (TPSA) is 122 Å². The maximum Gasteiger partial charge on any atom is 0.410 e. The highest BCUT2D eigenvalue weighted by Gasteiger charge is 2.31. The smallest absolute Gasteiger partial charge is 0.410 e. The van der Waals surface area contributed by atoms with E-state index in [4.69, 9.17) is 9.47 Å². The van der Waals surface area contributed by atoms with Crippen molar-refractivity contribution in [1.82, 2.24) is 19.8 Å². The maximum atomic E-state index is 12.6. The Kier molecular flexibility index (Phi) is 8.16. The number of rotatable bonds is 5. The van der Waals surface area contributed by atoms with E-state index < -0.39 is 22.4 Å². The SMILES string of the molecule is CC(C)(C)OC(=O)N1CCc2c(nc(C[SH](=O)=O)nc2N2CCN(C(=O)OCc3ccccc3)CC2)C1. The zero-order valence-electron chi connectivity index (χ0n) is 21.4. The molecule has 3 heterocycles. The third kappa shape index (κ3) is 7.09. The molecule has 37 heavy (non-hydrogen) atoms. The zero-order chi connectivity index (χ0) is 26.6. The zero-order valence-corrected chi connectivity index (χ0v) is 22.3. The summed E-state index contributed by atoms with van der Waals surface area (Å²) >= 11 is 0. The number of aromatic nitrogens is 2. The Balaban J connectivity index is 1.45. The molecule has 2 amide bonds. The summed E-state index contributed by atoms with van der Waals surface area (Å²) in [6.07, 6.45) is -0.282. The van der Waals surface area contributed by atoms with E-state index in [2.05, 4.69) is 9.97 Å². The summed E-state index contributed by atoms with van der Waals surface area (Å²) in [5, 5.41) is 0. The molecular formula is C25H33N5O6S. The number of carbonyl (C=O) groups is 2. The number of fused-ring (bicyclic) bond motifs is 1. The molecule has 1 aromatic heterocycles. The number of anilines is 1. The molecule has 0 saturated carbocycles. The summed E-state index contributed by atoms with van der Waals surface area (Å²) in [5.41, 5.74) is 1.82. The molecule has 12 heteroatoms. The van der Waals surface area contributed by atoms with Crippen LogP contribution in [0.3, 0.4) is 0 Å². The first kappa shape index (κ1) is 26.6. The molecule has 2 aliphatic heterocycles. The van der Waals surface area contributed by atoms with Crippen molar-refractivity contribution in [1.29, 1.82) is 0 Å². The van der Waals surface area contributed by atoms with Crippen molar-refractivity contribution in [2.24, 2.45) is 0 Å². The fourth-order valence-electron chi connectivity index (χ4n) is 4.30. The summed E-state index contributed by atoms with van der Waals surface area (Å²) in [4.78, 5) is 39.5. The largest absolute Gasteiger partial charge is 0.445 e. The second kappa shape index (κ2) is 11.3. The summed E-state index contributed by atoms with van der Waals surface area (Å²) in [6.45, 7) is 8.22. The Hall–Kier alpha value is -3.41. The molecule has 0 bridgehead atoms. The quantitative estimate of drug-likeness (QED) is 0.579. The fraction of sp³-hybridized carbons (Fsp3) is 0.520. The highest BCUT2D eigenvalue weighted by atomic mass is 32.2. The molecule has 0 unspecified atom stereocenters. The van der Waals surface area contributed by atoms with Gasteiger partial charge in [0.15, 0.2) is 0 Å². The summed E-state index contributed by atoms with van der Waals surface area (Å²) < 4.78 is 33.8. The van der Waals surface area contributed by atoms with Gasteiger partial charge in [-0.1, -0.05) is 30.3 Å². The lowest BCUT2D eigenvalue weighted by molar-refractivity contribution is 0.0220. The molecule has 0 radical (unpaired) electrons.